The first-order chi connectivity index (χ1) is 13.1. The molecule has 0 fully saturated rings. The van der Waals surface area contributed by atoms with Gasteiger partial charge in [0.1, 0.15) is 0 Å². The van der Waals surface area contributed by atoms with Gasteiger partial charge in [-0.1, -0.05) is 104 Å². The van der Waals surface area contributed by atoms with Crippen molar-refractivity contribution in [3.63, 3.8) is 0 Å². The molecule has 0 saturated carbocycles. The van der Waals surface area contributed by atoms with Crippen molar-refractivity contribution >= 4 is 11.6 Å². The molecule has 0 rings (SSSR count). The van der Waals surface area contributed by atoms with Crippen LogP contribution in [-0.2, 0) is 0 Å². The zero-order valence-electron chi connectivity index (χ0n) is 20.2. The van der Waals surface area contributed by atoms with Gasteiger partial charge < -0.3 is 16.4 Å². The summed E-state index contributed by atoms with van der Waals surface area (Å²) in [5.41, 5.74) is 0. The maximum atomic E-state index is 9.54. The highest BCUT2D eigenvalue weighted by atomic mass is 35.5. The second kappa shape index (κ2) is 21.9. The number of halogens is 1. The molecule has 0 bridgehead atoms. The molecule has 5 N–H and O–H groups in total. The first kappa shape index (κ1) is 30.4. The summed E-state index contributed by atoms with van der Waals surface area (Å²) in [7, 11) is 0. The monoisotopic (exact) mass is 422 g/mol. The maximum absolute atomic E-state index is 9.54. The Morgan fingerprint density at radius 2 is 1.11 bits per heavy atom. The normalized spacial score (nSPS) is 14.5. The highest BCUT2D eigenvalue weighted by molar-refractivity contribution is 6.24. The predicted molar refractivity (Wildman–Crippen MR) is 127 cm³/mol. The number of rotatable bonds is 21. The molecule has 0 heterocycles. The highest BCUT2D eigenvalue weighted by Gasteiger charge is 2.35. The van der Waals surface area contributed by atoms with E-state index in [0.29, 0.717) is 12.3 Å². The molecule has 0 aromatic rings. The van der Waals surface area contributed by atoms with Gasteiger partial charge in [0.15, 0.2) is 0 Å². The molecule has 0 amide bonds. The number of aliphatic hydroxyl groups is 2. The van der Waals surface area contributed by atoms with Gasteiger partial charge in [-0.15, -0.1) is 11.6 Å². The molecule has 0 spiro atoms. The van der Waals surface area contributed by atoms with E-state index in [0.717, 1.165) is 25.7 Å². The van der Waals surface area contributed by atoms with Gasteiger partial charge in [-0.05, 0) is 31.6 Å². The van der Waals surface area contributed by atoms with Crippen molar-refractivity contribution in [2.75, 3.05) is 13.2 Å². The maximum Gasteiger partial charge on any atom is 1.00 e. The molecule has 0 aliphatic heterocycles. The first-order valence-electron chi connectivity index (χ1n) is 12.0. The van der Waals surface area contributed by atoms with Crippen LogP contribution in [0.15, 0.2) is 0 Å². The molecule has 0 aliphatic rings. The van der Waals surface area contributed by atoms with Crippen LogP contribution in [0.3, 0.4) is 0 Å². The van der Waals surface area contributed by atoms with Crippen LogP contribution >= 0.6 is 11.6 Å². The molecule has 2 atom stereocenters. The molecule has 0 aromatic heterocycles. The van der Waals surface area contributed by atoms with Gasteiger partial charge in [0.2, 0.25) is 0 Å². The van der Waals surface area contributed by atoms with Crippen LogP contribution in [0.4, 0.5) is 0 Å². The van der Waals surface area contributed by atoms with Crippen LogP contribution in [0.1, 0.15) is 131 Å². The molecule has 172 valence electrons. The highest BCUT2D eigenvalue weighted by Crippen LogP contribution is 2.39. The van der Waals surface area contributed by atoms with E-state index in [4.69, 9.17) is 11.6 Å². The Kier molecular flexibility index (Phi) is 23.7. The summed E-state index contributed by atoms with van der Waals surface area (Å²) in [6, 6.07) is 0. The fourth-order valence-corrected chi connectivity index (χ4v) is 4.70. The summed E-state index contributed by atoms with van der Waals surface area (Å²) in [4.78, 5) is -0.330. The molecule has 2 unspecified atom stereocenters. The fourth-order valence-electron chi connectivity index (χ4n) is 4.26. The van der Waals surface area contributed by atoms with E-state index >= 15 is 0 Å². The lowest BCUT2D eigenvalue weighted by Gasteiger charge is -2.35. The van der Waals surface area contributed by atoms with Gasteiger partial charge in [-0.25, -0.2) is 0 Å². The minimum Gasteiger partial charge on any atom is -0.396 e. The average molecular weight is 423 g/mol. The number of unbranched alkanes of at least 4 members (excludes halogenated alkanes) is 12. The number of hydrogen-bond acceptors (Lipinski definition) is 3. The summed E-state index contributed by atoms with van der Waals surface area (Å²) in [5.74, 6) is 0.326. The summed E-state index contributed by atoms with van der Waals surface area (Å²) >= 11 is 7.04. The number of hydrogen-bond donors (Lipinski definition) is 3. The van der Waals surface area contributed by atoms with Crippen LogP contribution in [0.5, 0.6) is 0 Å². The van der Waals surface area contributed by atoms with Gasteiger partial charge in [0.25, 0.3) is 0 Å². The standard InChI is InChI=1S/C24H49ClO2.H3N/c1-3-5-7-9-10-11-12-13-14-16-19-24(25,20-22-27)23(18-21-26)17-15-8-6-4-2;/h23,26-27H,3-22H2,1-2H3;1H3/p+1. The Hall–Kier alpha value is 0.170. The lowest BCUT2D eigenvalue weighted by Crippen LogP contribution is -2.34. The minimum atomic E-state index is -0.330. The van der Waals surface area contributed by atoms with E-state index in [9.17, 15) is 10.2 Å². The van der Waals surface area contributed by atoms with Crippen LogP contribution < -0.4 is 6.15 Å². The van der Waals surface area contributed by atoms with Crippen LogP contribution in [0.2, 0.25) is 0 Å². The third kappa shape index (κ3) is 16.0. The average Bonchev–Trinajstić information content (AvgIpc) is 2.66. The largest absolute Gasteiger partial charge is 1.00 e. The quantitative estimate of drug-likeness (QED) is 0.130. The SMILES string of the molecule is CCCCCCCCCCCCC(Cl)(CCO)C(CCO)CCCCCC.N.[H+]. The number of aliphatic hydroxyl groups excluding tert-OH is 2. The van der Waals surface area contributed by atoms with E-state index in [-0.39, 0.29) is 25.7 Å². The molecule has 4 heteroatoms. The minimum absolute atomic E-state index is 0. The van der Waals surface area contributed by atoms with Crippen LogP contribution in [-0.4, -0.2) is 28.3 Å². The zero-order valence-corrected chi connectivity index (χ0v) is 20.0. The summed E-state index contributed by atoms with van der Waals surface area (Å²) in [6.07, 6.45) is 21.8. The molecular weight excluding hydrogens is 370 g/mol. The van der Waals surface area contributed by atoms with Crippen molar-refractivity contribution in [2.45, 2.75) is 134 Å². The summed E-state index contributed by atoms with van der Waals surface area (Å²) in [6.45, 7) is 4.85. The van der Waals surface area contributed by atoms with Crippen molar-refractivity contribution in [1.82, 2.24) is 6.15 Å². The van der Waals surface area contributed by atoms with Gasteiger partial charge in [-0.3, -0.25) is 0 Å². The topological polar surface area (TPSA) is 75.5 Å². The van der Waals surface area contributed by atoms with E-state index in [1.807, 2.05) is 0 Å². The van der Waals surface area contributed by atoms with E-state index < -0.39 is 0 Å². The van der Waals surface area contributed by atoms with E-state index in [1.54, 1.807) is 0 Å². The van der Waals surface area contributed by atoms with Crippen molar-refractivity contribution in [1.29, 1.82) is 0 Å². The van der Waals surface area contributed by atoms with E-state index in [1.165, 1.54) is 83.5 Å². The summed E-state index contributed by atoms with van der Waals surface area (Å²) < 4.78 is 0. The Morgan fingerprint density at radius 1 is 0.643 bits per heavy atom. The molecule has 28 heavy (non-hydrogen) atoms. The molecule has 0 aliphatic carbocycles. The number of alkyl halides is 1. The third-order valence-electron chi connectivity index (χ3n) is 6.09. The van der Waals surface area contributed by atoms with Crippen molar-refractivity contribution in [3.8, 4) is 0 Å². The summed E-state index contributed by atoms with van der Waals surface area (Å²) in [5, 5.41) is 19.0. The van der Waals surface area contributed by atoms with E-state index in [2.05, 4.69) is 13.8 Å². The van der Waals surface area contributed by atoms with Crippen molar-refractivity contribution in [3.05, 3.63) is 0 Å². The van der Waals surface area contributed by atoms with Gasteiger partial charge >= 0.3 is 1.43 Å². The van der Waals surface area contributed by atoms with Crippen molar-refractivity contribution < 1.29 is 11.6 Å². The molecule has 0 aromatic carbocycles. The second-order valence-corrected chi connectivity index (χ2v) is 9.25. The van der Waals surface area contributed by atoms with Gasteiger partial charge in [-0.2, -0.15) is 0 Å². The lowest BCUT2D eigenvalue weighted by molar-refractivity contribution is 0.180. The van der Waals surface area contributed by atoms with Gasteiger partial charge in [0, 0.05) is 18.1 Å². The predicted octanol–water partition coefficient (Wildman–Crippen LogP) is 7.90. The molecule has 0 radical (unpaired) electrons. The van der Waals surface area contributed by atoms with Crippen LogP contribution in [0, 0.1) is 5.92 Å². The molecule has 0 saturated heterocycles. The van der Waals surface area contributed by atoms with Crippen LogP contribution in [0.25, 0.3) is 0 Å². The Balaban J connectivity index is -0.00000338. The second-order valence-electron chi connectivity index (χ2n) is 8.50. The Labute approximate surface area is 183 Å². The first-order valence-corrected chi connectivity index (χ1v) is 12.4. The molecule has 3 nitrogen and oxygen atoms in total. The van der Waals surface area contributed by atoms with Crippen molar-refractivity contribution in [2.24, 2.45) is 5.92 Å². The Bertz CT molecular complexity index is 311. The third-order valence-corrected chi connectivity index (χ3v) is 6.78. The zero-order chi connectivity index (χ0) is 20.2. The Morgan fingerprint density at radius 3 is 1.57 bits per heavy atom. The lowest BCUT2D eigenvalue weighted by atomic mass is 9.79. The molecular formula is C24H53ClNO2+. The smallest absolute Gasteiger partial charge is 0.396 e. The fraction of sp³-hybridized carbons (Fsp3) is 1.00. The van der Waals surface area contributed by atoms with Gasteiger partial charge in [0.05, 0.1) is 0 Å².